The summed E-state index contributed by atoms with van der Waals surface area (Å²) < 4.78 is 2.53. The summed E-state index contributed by atoms with van der Waals surface area (Å²) in [6.07, 6.45) is 2.49. The Morgan fingerprint density at radius 2 is 1.73 bits per heavy atom. The molecule has 0 aliphatic carbocycles. The van der Waals surface area contributed by atoms with Crippen LogP contribution in [0.2, 0.25) is 5.02 Å². The molecule has 5 rings (SSSR count). The third-order valence-corrected chi connectivity index (χ3v) is 6.67. The monoisotopic (exact) mass is 574 g/mol. The van der Waals surface area contributed by atoms with E-state index in [1.165, 1.54) is 5.56 Å². The van der Waals surface area contributed by atoms with Crippen LogP contribution in [0.25, 0.3) is 16.9 Å². The highest BCUT2D eigenvalue weighted by molar-refractivity contribution is 9.10. The molecule has 186 valence electrons. The van der Waals surface area contributed by atoms with Gasteiger partial charge in [-0.2, -0.15) is 9.61 Å². The lowest BCUT2D eigenvalue weighted by Crippen LogP contribution is -2.30. The number of carbonyl (C=O) groups excluding carboxylic acids is 1. The Morgan fingerprint density at radius 1 is 0.946 bits per heavy atom. The summed E-state index contributed by atoms with van der Waals surface area (Å²) in [7, 11) is 0. The molecular weight excluding hydrogens is 552 g/mol. The molecular formula is C28H24BrClN6O. The van der Waals surface area contributed by atoms with E-state index < -0.39 is 0 Å². The highest BCUT2D eigenvalue weighted by Crippen LogP contribution is 2.30. The predicted molar refractivity (Wildman–Crippen MR) is 152 cm³/mol. The van der Waals surface area contributed by atoms with Gasteiger partial charge in [-0.3, -0.25) is 0 Å². The van der Waals surface area contributed by atoms with Crippen molar-refractivity contribution in [1.29, 1.82) is 0 Å². The summed E-state index contributed by atoms with van der Waals surface area (Å²) in [5.41, 5.74) is 5.16. The van der Waals surface area contributed by atoms with E-state index in [1.807, 2.05) is 84.9 Å². The molecule has 2 aromatic heterocycles. The van der Waals surface area contributed by atoms with Gasteiger partial charge in [0, 0.05) is 35.4 Å². The van der Waals surface area contributed by atoms with E-state index in [2.05, 4.69) is 37.0 Å². The Balaban J connectivity index is 1.26. The summed E-state index contributed by atoms with van der Waals surface area (Å²) in [4.78, 5) is 17.1. The SMILES string of the molecule is O=C(NCCc1ccccc1)Nc1cccc(CNc2cc(-c3ccccc3Cl)nc3c(Br)cnn23)c1. The molecule has 0 aliphatic rings. The van der Waals surface area contributed by atoms with Gasteiger partial charge in [0.25, 0.3) is 0 Å². The standard InChI is InChI=1S/C28H24BrClN6O/c29-23-18-33-36-26(16-25(35-27(23)36)22-11-4-5-12-24(22)30)32-17-20-9-6-10-21(15-20)34-28(37)31-14-13-19-7-2-1-3-8-19/h1-12,15-16,18,32H,13-14,17H2,(H2,31,34,37). The first-order valence-corrected chi connectivity index (χ1v) is 12.9. The van der Waals surface area contributed by atoms with Crippen LogP contribution in [0.5, 0.6) is 0 Å². The minimum Gasteiger partial charge on any atom is -0.366 e. The summed E-state index contributed by atoms with van der Waals surface area (Å²) >= 11 is 9.97. The molecule has 5 aromatic rings. The van der Waals surface area contributed by atoms with Gasteiger partial charge in [-0.05, 0) is 51.7 Å². The van der Waals surface area contributed by atoms with Crippen LogP contribution in [-0.2, 0) is 13.0 Å². The fourth-order valence-electron chi connectivity index (χ4n) is 3.96. The second-order valence-corrected chi connectivity index (χ2v) is 9.67. The molecule has 0 unspecified atom stereocenters. The van der Waals surface area contributed by atoms with Crippen molar-refractivity contribution in [3.8, 4) is 11.3 Å². The Hall–Kier alpha value is -3.88. The summed E-state index contributed by atoms with van der Waals surface area (Å²) in [5, 5.41) is 14.3. The number of benzene rings is 3. The lowest BCUT2D eigenvalue weighted by Gasteiger charge is -2.13. The Bertz CT molecular complexity index is 1540. The highest BCUT2D eigenvalue weighted by Gasteiger charge is 2.13. The van der Waals surface area contributed by atoms with Gasteiger partial charge < -0.3 is 16.0 Å². The van der Waals surface area contributed by atoms with Crippen molar-refractivity contribution in [3.05, 3.63) is 112 Å². The molecule has 3 N–H and O–H groups in total. The third-order valence-electron chi connectivity index (χ3n) is 5.78. The van der Waals surface area contributed by atoms with Crippen LogP contribution in [0.1, 0.15) is 11.1 Å². The van der Waals surface area contributed by atoms with E-state index in [4.69, 9.17) is 16.6 Å². The van der Waals surface area contributed by atoms with Crippen molar-refractivity contribution >= 4 is 50.7 Å². The molecule has 0 bridgehead atoms. The summed E-state index contributed by atoms with van der Waals surface area (Å²) in [5.74, 6) is 0.766. The molecule has 7 nitrogen and oxygen atoms in total. The lowest BCUT2D eigenvalue weighted by molar-refractivity contribution is 0.252. The van der Waals surface area contributed by atoms with Gasteiger partial charge in [0.05, 0.1) is 16.4 Å². The van der Waals surface area contributed by atoms with Gasteiger partial charge in [0.2, 0.25) is 0 Å². The number of hydrogen-bond acceptors (Lipinski definition) is 4. The first-order valence-electron chi connectivity index (χ1n) is 11.8. The maximum atomic E-state index is 12.4. The maximum absolute atomic E-state index is 12.4. The van der Waals surface area contributed by atoms with Crippen molar-refractivity contribution < 1.29 is 4.79 Å². The average molecular weight is 576 g/mol. The molecule has 0 saturated carbocycles. The lowest BCUT2D eigenvalue weighted by atomic mass is 10.1. The number of urea groups is 1. The number of fused-ring (bicyclic) bond motifs is 1. The van der Waals surface area contributed by atoms with Crippen LogP contribution >= 0.6 is 27.5 Å². The zero-order valence-corrected chi connectivity index (χ0v) is 22.1. The second-order valence-electron chi connectivity index (χ2n) is 8.40. The van der Waals surface area contributed by atoms with Gasteiger partial charge in [-0.1, -0.05) is 72.3 Å². The van der Waals surface area contributed by atoms with Crippen molar-refractivity contribution in [3.63, 3.8) is 0 Å². The first-order chi connectivity index (χ1) is 18.1. The normalized spacial score (nSPS) is 10.9. The first kappa shape index (κ1) is 24.8. The number of anilines is 2. The van der Waals surface area contributed by atoms with Crippen molar-refractivity contribution in [2.24, 2.45) is 0 Å². The van der Waals surface area contributed by atoms with Crippen LogP contribution in [-0.4, -0.2) is 27.2 Å². The zero-order chi connectivity index (χ0) is 25.6. The van der Waals surface area contributed by atoms with Gasteiger partial charge in [-0.15, -0.1) is 0 Å². The van der Waals surface area contributed by atoms with Crippen molar-refractivity contribution in [2.75, 3.05) is 17.2 Å². The van der Waals surface area contributed by atoms with Crippen molar-refractivity contribution in [2.45, 2.75) is 13.0 Å². The Morgan fingerprint density at radius 3 is 2.57 bits per heavy atom. The number of rotatable bonds is 8. The molecule has 0 radical (unpaired) electrons. The fraction of sp³-hybridized carbons (Fsp3) is 0.107. The highest BCUT2D eigenvalue weighted by atomic mass is 79.9. The number of nitrogens with zero attached hydrogens (tertiary/aromatic N) is 3. The number of halogens is 2. The van der Waals surface area contributed by atoms with E-state index in [-0.39, 0.29) is 6.03 Å². The largest absolute Gasteiger partial charge is 0.366 e. The average Bonchev–Trinajstić information content (AvgIpc) is 3.29. The number of hydrogen-bond donors (Lipinski definition) is 3. The zero-order valence-electron chi connectivity index (χ0n) is 19.8. The number of nitrogens with one attached hydrogen (secondary N) is 3. The molecule has 2 heterocycles. The quantitative estimate of drug-likeness (QED) is 0.190. The van der Waals surface area contributed by atoms with Crippen LogP contribution < -0.4 is 16.0 Å². The fourth-order valence-corrected chi connectivity index (χ4v) is 4.54. The molecule has 3 aromatic carbocycles. The molecule has 0 saturated heterocycles. The van der Waals surface area contributed by atoms with Gasteiger partial charge in [0.15, 0.2) is 5.65 Å². The van der Waals surface area contributed by atoms with E-state index in [0.717, 1.165) is 39.2 Å². The molecule has 2 amide bonds. The molecule has 0 spiro atoms. The van der Waals surface area contributed by atoms with E-state index >= 15 is 0 Å². The van der Waals surface area contributed by atoms with Crippen LogP contribution in [0.15, 0.2) is 95.6 Å². The van der Waals surface area contributed by atoms with Crippen LogP contribution in [0.4, 0.5) is 16.3 Å². The smallest absolute Gasteiger partial charge is 0.319 e. The number of carbonyl (C=O) groups is 1. The second kappa shape index (κ2) is 11.5. The summed E-state index contributed by atoms with van der Waals surface area (Å²) in [6, 6.07) is 27.1. The van der Waals surface area contributed by atoms with Crippen LogP contribution in [0.3, 0.4) is 0 Å². The van der Waals surface area contributed by atoms with E-state index in [0.29, 0.717) is 23.8 Å². The maximum Gasteiger partial charge on any atom is 0.319 e. The van der Waals surface area contributed by atoms with Crippen LogP contribution in [0, 0.1) is 0 Å². The molecule has 9 heteroatoms. The summed E-state index contributed by atoms with van der Waals surface area (Å²) in [6.45, 7) is 1.08. The molecule has 0 aliphatic heterocycles. The Labute approximate surface area is 228 Å². The molecule has 37 heavy (non-hydrogen) atoms. The molecule has 0 atom stereocenters. The van der Waals surface area contributed by atoms with Gasteiger partial charge in [0.1, 0.15) is 5.82 Å². The van der Waals surface area contributed by atoms with E-state index in [1.54, 1.807) is 10.7 Å². The minimum atomic E-state index is -0.234. The number of aromatic nitrogens is 3. The molecule has 0 fully saturated rings. The number of amides is 2. The van der Waals surface area contributed by atoms with E-state index in [9.17, 15) is 4.79 Å². The minimum absolute atomic E-state index is 0.234. The Kier molecular flexibility index (Phi) is 7.67. The van der Waals surface area contributed by atoms with Crippen molar-refractivity contribution in [1.82, 2.24) is 19.9 Å². The van der Waals surface area contributed by atoms with Gasteiger partial charge in [-0.25, -0.2) is 9.78 Å². The predicted octanol–water partition coefficient (Wildman–Crippen LogP) is 6.79. The van der Waals surface area contributed by atoms with Gasteiger partial charge >= 0.3 is 6.03 Å². The third kappa shape index (κ3) is 6.10. The topological polar surface area (TPSA) is 83.4 Å².